The third kappa shape index (κ3) is 4.18. The molecule has 24 heavy (non-hydrogen) atoms. The van der Waals surface area contributed by atoms with Crippen LogP contribution in [0.3, 0.4) is 0 Å². The first-order valence-electron chi connectivity index (χ1n) is 9.38. The number of aryl methyl sites for hydroxylation is 1. The van der Waals surface area contributed by atoms with E-state index in [0.29, 0.717) is 12.3 Å². The molecule has 1 fully saturated rings. The molecule has 2 atom stereocenters. The average molecular weight is 332 g/mol. The number of ether oxygens (including phenoxy) is 1. The van der Waals surface area contributed by atoms with E-state index in [1.807, 2.05) is 4.90 Å². The lowest BCUT2D eigenvalue weighted by Gasteiger charge is -2.43. The third-order valence-electron chi connectivity index (χ3n) is 5.52. The van der Waals surface area contributed by atoms with Gasteiger partial charge < -0.3 is 9.64 Å². The van der Waals surface area contributed by atoms with Gasteiger partial charge in [-0.1, -0.05) is 43.7 Å². The summed E-state index contributed by atoms with van der Waals surface area (Å²) in [5.74, 6) is 0.739. The van der Waals surface area contributed by atoms with Gasteiger partial charge in [0.15, 0.2) is 0 Å². The highest BCUT2D eigenvalue weighted by atomic mass is 16.5. The van der Waals surface area contributed by atoms with E-state index in [1.54, 1.807) is 0 Å². The molecular formula is C21H33NO2. The Morgan fingerprint density at radius 3 is 2.42 bits per heavy atom. The molecule has 1 aliphatic heterocycles. The Labute approximate surface area is 147 Å². The van der Waals surface area contributed by atoms with Gasteiger partial charge in [0, 0.05) is 31.5 Å². The Bertz CT molecular complexity index is 533. The second kappa shape index (κ2) is 8.15. The van der Waals surface area contributed by atoms with E-state index in [4.69, 9.17) is 4.74 Å². The SMILES string of the molecule is CCN(CC)C(=O)C[C@]1(c2ccc(C)cc2)CCO[C@@H](C(C)C)C1. The van der Waals surface area contributed by atoms with Crippen LogP contribution in [0.25, 0.3) is 0 Å². The van der Waals surface area contributed by atoms with Crippen LogP contribution in [0.2, 0.25) is 0 Å². The van der Waals surface area contributed by atoms with Gasteiger partial charge in [-0.25, -0.2) is 0 Å². The van der Waals surface area contributed by atoms with Crippen LogP contribution in [-0.2, 0) is 14.9 Å². The van der Waals surface area contributed by atoms with Gasteiger partial charge in [0.2, 0.25) is 5.91 Å². The lowest BCUT2D eigenvalue weighted by atomic mass is 9.68. The molecule has 3 nitrogen and oxygen atoms in total. The highest BCUT2D eigenvalue weighted by Crippen LogP contribution is 2.42. The molecule has 0 aromatic heterocycles. The first kappa shape index (κ1) is 19.0. The molecule has 1 amide bonds. The number of carbonyl (C=O) groups excluding carboxylic acids is 1. The molecular weight excluding hydrogens is 298 g/mol. The van der Waals surface area contributed by atoms with Crippen molar-refractivity contribution in [3.8, 4) is 0 Å². The van der Waals surface area contributed by atoms with Gasteiger partial charge in [-0.05, 0) is 45.1 Å². The summed E-state index contributed by atoms with van der Waals surface area (Å²) in [6.07, 6.45) is 2.67. The summed E-state index contributed by atoms with van der Waals surface area (Å²) in [6, 6.07) is 8.76. The van der Waals surface area contributed by atoms with Gasteiger partial charge in [-0.15, -0.1) is 0 Å². The zero-order chi connectivity index (χ0) is 17.7. The Hall–Kier alpha value is -1.35. The molecule has 1 aromatic carbocycles. The van der Waals surface area contributed by atoms with Crippen LogP contribution in [0, 0.1) is 12.8 Å². The number of rotatable bonds is 6. The van der Waals surface area contributed by atoms with Crippen LogP contribution < -0.4 is 0 Å². The normalized spacial score (nSPS) is 24.2. The van der Waals surface area contributed by atoms with Gasteiger partial charge in [0.25, 0.3) is 0 Å². The predicted octanol–water partition coefficient (Wildman–Crippen LogP) is 4.33. The molecule has 0 N–H and O–H groups in total. The van der Waals surface area contributed by atoms with E-state index in [9.17, 15) is 4.79 Å². The summed E-state index contributed by atoms with van der Waals surface area (Å²) in [5, 5.41) is 0. The fraction of sp³-hybridized carbons (Fsp3) is 0.667. The van der Waals surface area contributed by atoms with Crippen molar-refractivity contribution in [3.63, 3.8) is 0 Å². The van der Waals surface area contributed by atoms with Crippen LogP contribution in [0.5, 0.6) is 0 Å². The topological polar surface area (TPSA) is 29.5 Å². The summed E-state index contributed by atoms with van der Waals surface area (Å²) in [4.78, 5) is 14.8. The van der Waals surface area contributed by atoms with Crippen molar-refractivity contribution in [1.29, 1.82) is 0 Å². The maximum Gasteiger partial charge on any atom is 0.223 e. The lowest BCUT2D eigenvalue weighted by molar-refractivity contribution is -0.134. The fourth-order valence-corrected chi connectivity index (χ4v) is 3.79. The number of nitrogens with zero attached hydrogens (tertiary/aromatic N) is 1. The third-order valence-corrected chi connectivity index (χ3v) is 5.52. The first-order chi connectivity index (χ1) is 11.4. The molecule has 0 bridgehead atoms. The van der Waals surface area contributed by atoms with Gasteiger partial charge in [-0.2, -0.15) is 0 Å². The molecule has 0 spiro atoms. The molecule has 0 unspecified atom stereocenters. The molecule has 0 radical (unpaired) electrons. The maximum absolute atomic E-state index is 12.9. The minimum absolute atomic E-state index is 0.0967. The molecule has 1 saturated heterocycles. The van der Waals surface area contributed by atoms with E-state index >= 15 is 0 Å². The molecule has 2 rings (SSSR count). The Morgan fingerprint density at radius 1 is 1.25 bits per heavy atom. The number of hydrogen-bond acceptors (Lipinski definition) is 2. The molecule has 3 heteroatoms. The van der Waals surface area contributed by atoms with E-state index in [0.717, 1.165) is 32.5 Å². The summed E-state index contributed by atoms with van der Waals surface area (Å²) in [5.41, 5.74) is 2.46. The van der Waals surface area contributed by atoms with E-state index in [1.165, 1.54) is 11.1 Å². The minimum Gasteiger partial charge on any atom is -0.378 e. The molecule has 1 aliphatic rings. The van der Waals surface area contributed by atoms with Crippen molar-refractivity contribution in [2.45, 2.75) is 65.4 Å². The predicted molar refractivity (Wildman–Crippen MR) is 99.2 cm³/mol. The van der Waals surface area contributed by atoms with E-state index in [-0.39, 0.29) is 17.4 Å². The maximum atomic E-state index is 12.9. The van der Waals surface area contributed by atoms with Crippen LogP contribution >= 0.6 is 0 Å². The lowest BCUT2D eigenvalue weighted by Crippen LogP contribution is -2.45. The fourth-order valence-electron chi connectivity index (χ4n) is 3.79. The Kier molecular flexibility index (Phi) is 6.45. The standard InChI is InChI=1S/C21H33NO2/c1-6-22(7-2)20(23)15-21(18-10-8-17(5)9-11-18)12-13-24-19(14-21)16(3)4/h8-11,16,19H,6-7,12-15H2,1-5H3/t19-,21+/m1/s1. The van der Waals surface area contributed by atoms with Crippen LogP contribution in [0.4, 0.5) is 0 Å². The monoisotopic (exact) mass is 331 g/mol. The smallest absolute Gasteiger partial charge is 0.223 e. The average Bonchev–Trinajstić information content (AvgIpc) is 2.56. The summed E-state index contributed by atoms with van der Waals surface area (Å²) in [7, 11) is 0. The van der Waals surface area contributed by atoms with Crippen molar-refractivity contribution in [3.05, 3.63) is 35.4 Å². The molecule has 1 heterocycles. The van der Waals surface area contributed by atoms with Crippen molar-refractivity contribution >= 4 is 5.91 Å². The number of amides is 1. The van der Waals surface area contributed by atoms with Crippen LogP contribution in [0.1, 0.15) is 58.1 Å². The van der Waals surface area contributed by atoms with Crippen molar-refractivity contribution in [2.24, 2.45) is 5.92 Å². The second-order valence-corrected chi connectivity index (χ2v) is 7.50. The van der Waals surface area contributed by atoms with Gasteiger partial charge >= 0.3 is 0 Å². The van der Waals surface area contributed by atoms with E-state index < -0.39 is 0 Å². The quantitative estimate of drug-likeness (QED) is 0.776. The number of carbonyl (C=O) groups is 1. The molecule has 0 aliphatic carbocycles. The summed E-state index contributed by atoms with van der Waals surface area (Å²) in [6.45, 7) is 12.9. The molecule has 0 saturated carbocycles. The van der Waals surface area contributed by atoms with Crippen molar-refractivity contribution in [2.75, 3.05) is 19.7 Å². The molecule has 1 aromatic rings. The number of benzene rings is 1. The van der Waals surface area contributed by atoms with Gasteiger partial charge in [-0.3, -0.25) is 4.79 Å². The van der Waals surface area contributed by atoms with Crippen molar-refractivity contribution < 1.29 is 9.53 Å². The summed E-state index contributed by atoms with van der Waals surface area (Å²) < 4.78 is 6.01. The summed E-state index contributed by atoms with van der Waals surface area (Å²) >= 11 is 0. The first-order valence-corrected chi connectivity index (χ1v) is 9.38. The second-order valence-electron chi connectivity index (χ2n) is 7.50. The highest BCUT2D eigenvalue weighted by molar-refractivity contribution is 5.78. The van der Waals surface area contributed by atoms with Crippen LogP contribution in [-0.4, -0.2) is 36.6 Å². The molecule has 134 valence electrons. The zero-order valence-electron chi connectivity index (χ0n) is 16.0. The van der Waals surface area contributed by atoms with Crippen LogP contribution in [0.15, 0.2) is 24.3 Å². The van der Waals surface area contributed by atoms with Gasteiger partial charge in [0.1, 0.15) is 0 Å². The Morgan fingerprint density at radius 2 is 1.88 bits per heavy atom. The largest absolute Gasteiger partial charge is 0.378 e. The highest BCUT2D eigenvalue weighted by Gasteiger charge is 2.41. The van der Waals surface area contributed by atoms with Crippen molar-refractivity contribution in [1.82, 2.24) is 4.90 Å². The Balaban J connectivity index is 2.34. The van der Waals surface area contributed by atoms with E-state index in [2.05, 4.69) is 58.9 Å². The minimum atomic E-state index is -0.0967. The van der Waals surface area contributed by atoms with Gasteiger partial charge in [0.05, 0.1) is 6.10 Å². The zero-order valence-corrected chi connectivity index (χ0v) is 16.0. The number of hydrogen-bond donors (Lipinski definition) is 0.